The highest BCUT2D eigenvalue weighted by Gasteiger charge is 2.11. The van der Waals surface area contributed by atoms with Gasteiger partial charge in [-0.1, -0.05) is 13.8 Å². The first-order valence-electron chi connectivity index (χ1n) is 5.09. The monoisotopic (exact) mass is 227 g/mol. The molecule has 1 unspecified atom stereocenters. The van der Waals surface area contributed by atoms with Gasteiger partial charge in [-0.15, -0.1) is 11.3 Å². The molecule has 0 aromatic carbocycles. The molecule has 0 aliphatic carbocycles. The van der Waals surface area contributed by atoms with E-state index in [4.69, 9.17) is 0 Å². The third kappa shape index (κ3) is 4.40. The fourth-order valence-electron chi connectivity index (χ4n) is 1.13. The highest BCUT2D eigenvalue weighted by atomic mass is 32.1. The zero-order valence-corrected chi connectivity index (χ0v) is 9.93. The molecule has 2 N–H and O–H groups in total. The Labute approximate surface area is 94.1 Å². The second-order valence-electron chi connectivity index (χ2n) is 3.41. The van der Waals surface area contributed by atoms with E-state index < -0.39 is 0 Å². The van der Waals surface area contributed by atoms with Crippen LogP contribution in [0.4, 0.5) is 0 Å². The van der Waals surface area contributed by atoms with Gasteiger partial charge in [0.1, 0.15) is 0 Å². The summed E-state index contributed by atoms with van der Waals surface area (Å²) in [4.78, 5) is 15.7. The lowest BCUT2D eigenvalue weighted by atomic mass is 10.1. The molecule has 0 radical (unpaired) electrons. The largest absolute Gasteiger partial charge is 0.350 e. The molecule has 0 fully saturated rings. The summed E-state index contributed by atoms with van der Waals surface area (Å²) < 4.78 is 0. The van der Waals surface area contributed by atoms with E-state index in [1.807, 2.05) is 19.2 Å². The summed E-state index contributed by atoms with van der Waals surface area (Å²) in [6.07, 6.45) is 0. The van der Waals surface area contributed by atoms with Crippen molar-refractivity contribution >= 4 is 17.2 Å². The molecule has 15 heavy (non-hydrogen) atoms. The van der Waals surface area contributed by atoms with Crippen molar-refractivity contribution in [1.29, 1.82) is 0 Å². The summed E-state index contributed by atoms with van der Waals surface area (Å²) in [5.41, 5.74) is 2.69. The van der Waals surface area contributed by atoms with Crippen molar-refractivity contribution in [2.75, 3.05) is 13.1 Å². The third-order valence-corrected chi connectivity index (χ3v) is 2.71. The predicted octanol–water partition coefficient (Wildman–Crippen LogP) is 1.00. The molecule has 1 amide bonds. The van der Waals surface area contributed by atoms with Crippen molar-refractivity contribution < 1.29 is 4.79 Å². The molecule has 4 nitrogen and oxygen atoms in total. The third-order valence-electron chi connectivity index (χ3n) is 2.08. The molecule has 84 valence electrons. The molecule has 1 heterocycles. The van der Waals surface area contributed by atoms with Crippen LogP contribution in [0, 0.1) is 5.92 Å². The van der Waals surface area contributed by atoms with Crippen LogP contribution in [0.5, 0.6) is 0 Å². The van der Waals surface area contributed by atoms with E-state index in [0.717, 1.165) is 18.8 Å². The van der Waals surface area contributed by atoms with Crippen LogP contribution in [0.2, 0.25) is 0 Å². The molecule has 1 aromatic rings. The maximum absolute atomic E-state index is 11.6. The Balaban J connectivity index is 2.23. The van der Waals surface area contributed by atoms with Gasteiger partial charge in [-0.2, -0.15) is 0 Å². The second kappa shape index (κ2) is 6.53. The van der Waals surface area contributed by atoms with Crippen LogP contribution in [0.1, 0.15) is 19.5 Å². The smallest absolute Gasteiger partial charge is 0.224 e. The van der Waals surface area contributed by atoms with E-state index in [1.165, 1.54) is 11.3 Å². The molecule has 5 heteroatoms. The molecule has 1 atom stereocenters. The maximum Gasteiger partial charge on any atom is 0.224 e. The molecule has 0 saturated carbocycles. The van der Waals surface area contributed by atoms with Crippen LogP contribution >= 0.6 is 11.3 Å². The van der Waals surface area contributed by atoms with Crippen LogP contribution in [0.25, 0.3) is 0 Å². The van der Waals surface area contributed by atoms with E-state index in [-0.39, 0.29) is 11.8 Å². The quantitative estimate of drug-likeness (QED) is 0.762. The minimum Gasteiger partial charge on any atom is -0.350 e. The molecule has 0 spiro atoms. The van der Waals surface area contributed by atoms with Crippen molar-refractivity contribution in [3.05, 3.63) is 16.6 Å². The number of hydrogen-bond donors (Lipinski definition) is 2. The van der Waals surface area contributed by atoms with Crippen molar-refractivity contribution in [3.63, 3.8) is 0 Å². The number of carbonyl (C=O) groups is 1. The Morgan fingerprint density at radius 1 is 1.67 bits per heavy atom. The number of hydrogen-bond acceptors (Lipinski definition) is 4. The van der Waals surface area contributed by atoms with E-state index in [2.05, 4.69) is 15.6 Å². The number of aromatic nitrogens is 1. The lowest BCUT2D eigenvalue weighted by Crippen LogP contribution is -2.34. The number of amides is 1. The standard InChI is InChI=1S/C10H17N3OS/c1-3-11-4-8(2)10(14)12-5-9-6-15-7-13-9/h6-8,11H,3-5H2,1-2H3,(H,12,14). The Bertz CT molecular complexity index is 287. The molecule has 0 aliphatic heterocycles. The van der Waals surface area contributed by atoms with Crippen molar-refractivity contribution in [2.24, 2.45) is 5.92 Å². The van der Waals surface area contributed by atoms with Gasteiger partial charge in [-0.05, 0) is 6.54 Å². The minimum absolute atomic E-state index is 0.00332. The van der Waals surface area contributed by atoms with E-state index in [0.29, 0.717) is 6.54 Å². The number of thiazole rings is 1. The highest BCUT2D eigenvalue weighted by Crippen LogP contribution is 2.00. The normalized spacial score (nSPS) is 12.4. The number of rotatable bonds is 6. The van der Waals surface area contributed by atoms with Gasteiger partial charge in [-0.3, -0.25) is 4.79 Å². The zero-order valence-electron chi connectivity index (χ0n) is 9.12. The summed E-state index contributed by atoms with van der Waals surface area (Å²) in [6.45, 7) is 6.08. The Morgan fingerprint density at radius 2 is 2.47 bits per heavy atom. The molecule has 0 saturated heterocycles. The van der Waals surface area contributed by atoms with Gasteiger partial charge in [0.25, 0.3) is 0 Å². The van der Waals surface area contributed by atoms with Gasteiger partial charge >= 0.3 is 0 Å². The van der Waals surface area contributed by atoms with Gasteiger partial charge in [0.15, 0.2) is 0 Å². The predicted molar refractivity (Wildman–Crippen MR) is 61.7 cm³/mol. The van der Waals surface area contributed by atoms with Crippen LogP contribution in [-0.4, -0.2) is 24.0 Å². The molecular weight excluding hydrogens is 210 g/mol. The molecule has 1 rings (SSSR count). The van der Waals surface area contributed by atoms with E-state index in [1.54, 1.807) is 5.51 Å². The number of carbonyl (C=O) groups excluding carboxylic acids is 1. The molecule has 1 aromatic heterocycles. The second-order valence-corrected chi connectivity index (χ2v) is 4.12. The maximum atomic E-state index is 11.6. The van der Waals surface area contributed by atoms with Crippen LogP contribution in [0.3, 0.4) is 0 Å². The lowest BCUT2D eigenvalue weighted by molar-refractivity contribution is -0.124. The van der Waals surface area contributed by atoms with Crippen LogP contribution in [-0.2, 0) is 11.3 Å². The Morgan fingerprint density at radius 3 is 3.07 bits per heavy atom. The minimum atomic E-state index is 0.00332. The average Bonchev–Trinajstić information content (AvgIpc) is 2.75. The van der Waals surface area contributed by atoms with Gasteiger partial charge in [0, 0.05) is 17.8 Å². The fraction of sp³-hybridized carbons (Fsp3) is 0.600. The first-order valence-corrected chi connectivity index (χ1v) is 6.03. The van der Waals surface area contributed by atoms with Crippen molar-refractivity contribution in [1.82, 2.24) is 15.6 Å². The van der Waals surface area contributed by atoms with Crippen LogP contribution in [0.15, 0.2) is 10.9 Å². The fourth-order valence-corrected chi connectivity index (χ4v) is 1.69. The van der Waals surface area contributed by atoms with E-state index in [9.17, 15) is 4.79 Å². The summed E-state index contributed by atoms with van der Waals surface area (Å²) in [7, 11) is 0. The topological polar surface area (TPSA) is 54.0 Å². The van der Waals surface area contributed by atoms with Gasteiger partial charge in [-0.25, -0.2) is 4.98 Å². The van der Waals surface area contributed by atoms with Crippen molar-refractivity contribution in [2.45, 2.75) is 20.4 Å². The van der Waals surface area contributed by atoms with Crippen LogP contribution < -0.4 is 10.6 Å². The molecular formula is C10H17N3OS. The summed E-state index contributed by atoms with van der Waals surface area (Å²) in [6, 6.07) is 0. The Kier molecular flexibility index (Phi) is 5.28. The first-order chi connectivity index (χ1) is 7.24. The Hall–Kier alpha value is -0.940. The van der Waals surface area contributed by atoms with Gasteiger partial charge in [0.2, 0.25) is 5.91 Å². The van der Waals surface area contributed by atoms with Crippen molar-refractivity contribution in [3.8, 4) is 0 Å². The SMILES string of the molecule is CCNCC(C)C(=O)NCc1cscn1. The first kappa shape index (κ1) is 12.1. The lowest BCUT2D eigenvalue weighted by Gasteiger charge is -2.11. The zero-order chi connectivity index (χ0) is 11.1. The molecule has 0 bridgehead atoms. The van der Waals surface area contributed by atoms with Gasteiger partial charge < -0.3 is 10.6 Å². The summed E-state index contributed by atoms with van der Waals surface area (Å²) in [5.74, 6) is 0.0764. The summed E-state index contributed by atoms with van der Waals surface area (Å²) in [5, 5.41) is 7.95. The number of nitrogens with zero attached hydrogens (tertiary/aromatic N) is 1. The number of nitrogens with one attached hydrogen (secondary N) is 2. The highest BCUT2D eigenvalue weighted by molar-refractivity contribution is 7.07. The molecule has 0 aliphatic rings. The summed E-state index contributed by atoms with van der Waals surface area (Å²) >= 11 is 1.54. The van der Waals surface area contributed by atoms with E-state index >= 15 is 0 Å². The average molecular weight is 227 g/mol. The van der Waals surface area contributed by atoms with Gasteiger partial charge in [0.05, 0.1) is 17.7 Å².